The van der Waals surface area contributed by atoms with Crippen LogP contribution < -0.4 is 0 Å². The van der Waals surface area contributed by atoms with Gasteiger partial charge in [-0.1, -0.05) is 28.1 Å². The molecule has 0 radical (unpaired) electrons. The van der Waals surface area contributed by atoms with Gasteiger partial charge < -0.3 is 9.64 Å². The quantitative estimate of drug-likeness (QED) is 0.671. The number of benzene rings is 2. The van der Waals surface area contributed by atoms with E-state index in [1.54, 1.807) is 0 Å². The molecule has 5 nitrogen and oxygen atoms in total. The molecule has 0 spiro atoms. The Morgan fingerprint density at radius 1 is 1.07 bits per heavy atom. The summed E-state index contributed by atoms with van der Waals surface area (Å²) in [6.45, 7) is 0.921. The van der Waals surface area contributed by atoms with Crippen LogP contribution in [-0.2, 0) is 14.6 Å². The van der Waals surface area contributed by atoms with Gasteiger partial charge in [-0.05, 0) is 42.0 Å². The lowest BCUT2D eigenvalue weighted by Crippen LogP contribution is -2.42. The van der Waals surface area contributed by atoms with Gasteiger partial charge in [0.25, 0.3) is 15.7 Å². The van der Waals surface area contributed by atoms with Gasteiger partial charge in [-0.15, -0.1) is 0 Å². The second-order valence-electron chi connectivity index (χ2n) is 6.14. The Morgan fingerprint density at radius 3 is 2.25 bits per heavy atom. The molecular formula is C18H15BrF3NO4S. The van der Waals surface area contributed by atoms with Crippen LogP contribution in [-0.4, -0.2) is 44.4 Å². The first-order valence-electron chi connectivity index (χ1n) is 8.17. The molecule has 1 saturated heterocycles. The average molecular weight is 478 g/mol. The van der Waals surface area contributed by atoms with E-state index in [9.17, 15) is 26.4 Å². The normalized spacial score (nSPS) is 18.1. The SMILES string of the molecule is O=C(c1ccc(S(=O)(=O)C(F)(F)F)cc1)N1CCOC(c2ccc(Br)cc2)C1. The Hall–Kier alpha value is -1.91. The molecule has 1 heterocycles. The van der Waals surface area contributed by atoms with E-state index in [0.29, 0.717) is 13.2 Å². The number of amides is 1. The summed E-state index contributed by atoms with van der Waals surface area (Å²) < 4.78 is 67.3. The van der Waals surface area contributed by atoms with Crippen LogP contribution in [0.2, 0.25) is 0 Å². The average Bonchev–Trinajstić information content (AvgIpc) is 2.67. The van der Waals surface area contributed by atoms with E-state index >= 15 is 0 Å². The molecule has 0 bridgehead atoms. The monoisotopic (exact) mass is 477 g/mol. The minimum Gasteiger partial charge on any atom is -0.370 e. The fourth-order valence-corrected chi connectivity index (χ4v) is 3.83. The molecule has 28 heavy (non-hydrogen) atoms. The Morgan fingerprint density at radius 2 is 1.68 bits per heavy atom. The van der Waals surface area contributed by atoms with Gasteiger partial charge in [0.05, 0.1) is 18.0 Å². The second-order valence-corrected chi connectivity index (χ2v) is 8.99. The summed E-state index contributed by atoms with van der Waals surface area (Å²) in [7, 11) is -5.44. The summed E-state index contributed by atoms with van der Waals surface area (Å²) in [5.74, 6) is -0.402. The molecule has 2 aromatic carbocycles. The molecule has 1 amide bonds. The van der Waals surface area contributed by atoms with Gasteiger partial charge in [-0.25, -0.2) is 8.42 Å². The van der Waals surface area contributed by atoms with Crippen molar-refractivity contribution in [2.75, 3.05) is 19.7 Å². The predicted octanol–water partition coefficient (Wildman–Crippen LogP) is 3.96. The van der Waals surface area contributed by atoms with Crippen LogP contribution in [0.25, 0.3) is 0 Å². The number of hydrogen-bond donors (Lipinski definition) is 0. The summed E-state index contributed by atoms with van der Waals surface area (Å²) in [5, 5.41) is 0. The van der Waals surface area contributed by atoms with E-state index in [4.69, 9.17) is 4.74 Å². The molecule has 0 saturated carbocycles. The van der Waals surface area contributed by atoms with Crippen LogP contribution in [0, 0.1) is 0 Å². The Labute approximate surface area is 168 Å². The summed E-state index contributed by atoms with van der Waals surface area (Å²) in [6, 6.07) is 11.2. The number of carbonyl (C=O) groups excluding carboxylic acids is 1. The highest BCUT2D eigenvalue weighted by atomic mass is 79.9. The fraction of sp³-hybridized carbons (Fsp3) is 0.278. The number of sulfone groups is 1. The molecule has 0 aliphatic carbocycles. The van der Waals surface area contributed by atoms with Crippen molar-refractivity contribution in [2.45, 2.75) is 16.5 Å². The molecule has 0 aromatic heterocycles. The van der Waals surface area contributed by atoms with Gasteiger partial charge in [-0.3, -0.25) is 4.79 Å². The van der Waals surface area contributed by atoms with Gasteiger partial charge in [-0.2, -0.15) is 13.2 Å². The smallest absolute Gasteiger partial charge is 0.370 e. The van der Waals surface area contributed by atoms with E-state index in [1.807, 2.05) is 24.3 Å². The van der Waals surface area contributed by atoms with Gasteiger partial charge in [0, 0.05) is 16.6 Å². The second kappa shape index (κ2) is 7.84. The van der Waals surface area contributed by atoms with Crippen molar-refractivity contribution in [1.29, 1.82) is 0 Å². The van der Waals surface area contributed by atoms with Crippen molar-refractivity contribution < 1.29 is 31.1 Å². The summed E-state index contributed by atoms with van der Waals surface area (Å²) in [4.78, 5) is 13.3. The van der Waals surface area contributed by atoms with Gasteiger partial charge >= 0.3 is 5.51 Å². The summed E-state index contributed by atoms with van der Waals surface area (Å²) in [5.41, 5.74) is -4.38. The molecular weight excluding hydrogens is 463 g/mol. The third kappa shape index (κ3) is 4.23. The first-order valence-corrected chi connectivity index (χ1v) is 10.4. The molecule has 1 aliphatic heterocycles. The minimum absolute atomic E-state index is 0.109. The standard InChI is InChI=1S/C18H15BrF3NO4S/c19-14-5-1-12(2-6-14)16-11-23(9-10-27-16)17(24)13-3-7-15(8-4-13)28(25,26)18(20,21)22/h1-8,16H,9-11H2. The Bertz CT molecular complexity index is 960. The van der Waals surface area contributed by atoms with Crippen LogP contribution in [0.15, 0.2) is 57.9 Å². The molecule has 2 aromatic rings. The topological polar surface area (TPSA) is 63.7 Å². The van der Waals surface area contributed by atoms with Crippen molar-refractivity contribution in [2.24, 2.45) is 0 Å². The van der Waals surface area contributed by atoms with Gasteiger partial charge in [0.1, 0.15) is 6.10 Å². The Balaban J connectivity index is 1.75. The fourth-order valence-electron chi connectivity index (χ4n) is 2.81. The molecule has 1 atom stereocenters. The van der Waals surface area contributed by atoms with Crippen LogP contribution in [0.4, 0.5) is 13.2 Å². The largest absolute Gasteiger partial charge is 0.501 e. The molecule has 1 unspecified atom stereocenters. The summed E-state index contributed by atoms with van der Waals surface area (Å²) in [6.07, 6.45) is -0.323. The number of rotatable bonds is 3. The number of halogens is 4. The van der Waals surface area contributed by atoms with E-state index in [0.717, 1.165) is 34.3 Å². The molecule has 3 rings (SSSR count). The maximum absolute atomic E-state index is 12.7. The number of alkyl halides is 3. The first-order chi connectivity index (χ1) is 13.1. The maximum atomic E-state index is 12.7. The van der Waals surface area contributed by atoms with Crippen LogP contribution in [0.5, 0.6) is 0 Å². The number of hydrogen-bond acceptors (Lipinski definition) is 4. The van der Waals surface area contributed by atoms with E-state index in [-0.39, 0.29) is 18.2 Å². The minimum atomic E-state index is -5.44. The van der Waals surface area contributed by atoms with E-state index < -0.39 is 26.1 Å². The zero-order chi connectivity index (χ0) is 20.5. The van der Waals surface area contributed by atoms with Crippen molar-refractivity contribution in [1.82, 2.24) is 4.90 Å². The molecule has 0 N–H and O–H groups in total. The zero-order valence-corrected chi connectivity index (χ0v) is 16.7. The van der Waals surface area contributed by atoms with Crippen molar-refractivity contribution >= 4 is 31.7 Å². The van der Waals surface area contributed by atoms with E-state index in [2.05, 4.69) is 15.9 Å². The van der Waals surface area contributed by atoms with Crippen molar-refractivity contribution in [3.63, 3.8) is 0 Å². The number of ether oxygens (including phenoxy) is 1. The lowest BCUT2D eigenvalue weighted by atomic mass is 10.1. The van der Waals surface area contributed by atoms with Gasteiger partial charge in [0.2, 0.25) is 0 Å². The van der Waals surface area contributed by atoms with E-state index in [1.165, 1.54) is 4.90 Å². The number of nitrogens with zero attached hydrogens (tertiary/aromatic N) is 1. The van der Waals surface area contributed by atoms with Crippen LogP contribution in [0.1, 0.15) is 22.0 Å². The van der Waals surface area contributed by atoms with Crippen molar-refractivity contribution in [3.05, 3.63) is 64.1 Å². The zero-order valence-electron chi connectivity index (χ0n) is 14.3. The molecule has 150 valence electrons. The first kappa shape index (κ1) is 20.8. The van der Waals surface area contributed by atoms with Gasteiger partial charge in [0.15, 0.2) is 0 Å². The van der Waals surface area contributed by atoms with Crippen LogP contribution in [0.3, 0.4) is 0 Å². The number of morpholine rings is 1. The highest BCUT2D eigenvalue weighted by Gasteiger charge is 2.46. The molecule has 1 fully saturated rings. The lowest BCUT2D eigenvalue weighted by molar-refractivity contribution is -0.0436. The predicted molar refractivity (Wildman–Crippen MR) is 98.4 cm³/mol. The molecule has 10 heteroatoms. The Kier molecular flexibility index (Phi) is 5.83. The lowest BCUT2D eigenvalue weighted by Gasteiger charge is -2.33. The maximum Gasteiger partial charge on any atom is 0.501 e. The number of carbonyl (C=O) groups is 1. The molecule has 1 aliphatic rings. The summed E-state index contributed by atoms with van der Waals surface area (Å²) >= 11 is 3.35. The third-order valence-electron chi connectivity index (χ3n) is 4.31. The highest BCUT2D eigenvalue weighted by Crippen LogP contribution is 2.30. The highest BCUT2D eigenvalue weighted by molar-refractivity contribution is 9.10. The third-order valence-corrected chi connectivity index (χ3v) is 6.34. The van der Waals surface area contributed by atoms with Crippen LogP contribution >= 0.6 is 15.9 Å². The van der Waals surface area contributed by atoms with Crippen molar-refractivity contribution in [3.8, 4) is 0 Å².